The first-order valence-electron chi connectivity index (χ1n) is 10.4. The zero-order chi connectivity index (χ0) is 22.2. The maximum atomic E-state index is 13.0. The van der Waals surface area contributed by atoms with Gasteiger partial charge in [-0.2, -0.15) is 18.3 Å². The van der Waals surface area contributed by atoms with Gasteiger partial charge in [0.25, 0.3) is 5.91 Å². The summed E-state index contributed by atoms with van der Waals surface area (Å²) in [5.74, 6) is 0.444. The van der Waals surface area contributed by atoms with Crippen LogP contribution in [0.1, 0.15) is 61.8 Å². The summed E-state index contributed by atoms with van der Waals surface area (Å²) in [7, 11) is 0. The van der Waals surface area contributed by atoms with Gasteiger partial charge in [-0.05, 0) is 57.7 Å². The molecule has 1 fully saturated rings. The van der Waals surface area contributed by atoms with Gasteiger partial charge >= 0.3 is 6.18 Å². The SMILES string of the molecule is CC(C)n1nccc1C(=O)NC1CCC(Nc2cccc3nc(C(F)(F)F)cn23)CC1. The average Bonchev–Trinajstić information content (AvgIpc) is 3.37. The molecule has 1 amide bonds. The quantitative estimate of drug-likeness (QED) is 0.628. The number of aromatic nitrogens is 4. The van der Waals surface area contributed by atoms with E-state index in [1.165, 1.54) is 4.40 Å². The second-order valence-corrected chi connectivity index (χ2v) is 8.18. The van der Waals surface area contributed by atoms with Crippen LogP contribution in [0, 0.1) is 0 Å². The number of nitrogens with zero attached hydrogens (tertiary/aromatic N) is 4. The number of hydrogen-bond acceptors (Lipinski definition) is 4. The zero-order valence-electron chi connectivity index (χ0n) is 17.4. The molecule has 0 spiro atoms. The molecule has 0 saturated heterocycles. The lowest BCUT2D eigenvalue weighted by atomic mass is 9.91. The van der Waals surface area contributed by atoms with Crippen molar-refractivity contribution >= 4 is 17.4 Å². The highest BCUT2D eigenvalue weighted by molar-refractivity contribution is 5.92. The number of rotatable bonds is 5. The summed E-state index contributed by atoms with van der Waals surface area (Å²) >= 11 is 0. The number of anilines is 1. The minimum Gasteiger partial charge on any atom is -0.368 e. The van der Waals surface area contributed by atoms with E-state index in [0.29, 0.717) is 11.5 Å². The fourth-order valence-corrected chi connectivity index (χ4v) is 4.02. The topological polar surface area (TPSA) is 76.2 Å². The van der Waals surface area contributed by atoms with Crippen molar-refractivity contribution in [2.24, 2.45) is 0 Å². The van der Waals surface area contributed by atoms with Gasteiger partial charge in [-0.1, -0.05) is 6.07 Å². The van der Waals surface area contributed by atoms with Crippen molar-refractivity contribution in [3.8, 4) is 0 Å². The summed E-state index contributed by atoms with van der Waals surface area (Å²) in [4.78, 5) is 16.3. The number of carbonyl (C=O) groups is 1. The summed E-state index contributed by atoms with van der Waals surface area (Å²) in [6, 6.07) is 6.96. The van der Waals surface area contributed by atoms with Crippen LogP contribution in [0.3, 0.4) is 0 Å². The Morgan fingerprint density at radius 2 is 1.84 bits per heavy atom. The number of amides is 1. The molecule has 3 heterocycles. The van der Waals surface area contributed by atoms with Crippen LogP contribution < -0.4 is 10.6 Å². The Balaban J connectivity index is 1.37. The lowest BCUT2D eigenvalue weighted by Gasteiger charge is -2.30. The first kappa shape index (κ1) is 21.2. The maximum Gasteiger partial charge on any atom is 0.434 e. The highest BCUT2D eigenvalue weighted by Crippen LogP contribution is 2.30. The van der Waals surface area contributed by atoms with E-state index in [1.54, 1.807) is 35.1 Å². The van der Waals surface area contributed by atoms with Crippen molar-refractivity contribution in [1.82, 2.24) is 24.5 Å². The van der Waals surface area contributed by atoms with Crippen molar-refractivity contribution < 1.29 is 18.0 Å². The van der Waals surface area contributed by atoms with Crippen molar-refractivity contribution in [2.75, 3.05) is 5.32 Å². The summed E-state index contributed by atoms with van der Waals surface area (Å²) in [6.45, 7) is 3.94. The normalized spacial score (nSPS) is 19.7. The zero-order valence-corrected chi connectivity index (χ0v) is 17.4. The number of carbonyl (C=O) groups excluding carboxylic acids is 1. The van der Waals surface area contributed by atoms with Gasteiger partial charge in [-0.3, -0.25) is 13.9 Å². The number of imidazole rings is 1. The molecule has 166 valence electrons. The fraction of sp³-hybridized carbons (Fsp3) is 0.476. The second-order valence-electron chi connectivity index (χ2n) is 8.18. The predicted octanol–water partition coefficient (Wildman–Crippen LogP) is 4.28. The van der Waals surface area contributed by atoms with Gasteiger partial charge in [-0.15, -0.1) is 0 Å². The highest BCUT2D eigenvalue weighted by atomic mass is 19.4. The molecule has 2 N–H and O–H groups in total. The molecular weight excluding hydrogens is 409 g/mol. The molecule has 1 aliphatic rings. The van der Waals surface area contributed by atoms with Gasteiger partial charge < -0.3 is 10.6 Å². The molecule has 0 aromatic carbocycles. The molecule has 0 bridgehead atoms. The van der Waals surface area contributed by atoms with Crippen LogP contribution in [0.2, 0.25) is 0 Å². The fourth-order valence-electron chi connectivity index (χ4n) is 4.02. The molecular formula is C21H25F3N6O. The summed E-state index contributed by atoms with van der Waals surface area (Å²) < 4.78 is 42.1. The number of pyridine rings is 1. The van der Waals surface area contributed by atoms with Crippen LogP contribution in [0.4, 0.5) is 19.0 Å². The van der Waals surface area contributed by atoms with Crippen LogP contribution in [0.25, 0.3) is 5.65 Å². The van der Waals surface area contributed by atoms with Crippen LogP contribution in [-0.2, 0) is 6.18 Å². The maximum absolute atomic E-state index is 13.0. The van der Waals surface area contributed by atoms with Gasteiger partial charge in [0.1, 0.15) is 17.2 Å². The van der Waals surface area contributed by atoms with Crippen molar-refractivity contribution in [3.05, 3.63) is 48.0 Å². The Bertz CT molecular complexity index is 1060. The molecule has 0 radical (unpaired) electrons. The Kier molecular flexibility index (Phi) is 5.63. The number of nitrogens with one attached hydrogen (secondary N) is 2. The molecule has 3 aromatic rings. The molecule has 4 rings (SSSR count). The number of hydrogen-bond donors (Lipinski definition) is 2. The molecule has 0 atom stereocenters. The minimum atomic E-state index is -4.48. The first-order valence-corrected chi connectivity index (χ1v) is 10.4. The van der Waals surface area contributed by atoms with Gasteiger partial charge in [0.15, 0.2) is 5.69 Å². The monoisotopic (exact) mass is 434 g/mol. The van der Waals surface area contributed by atoms with Crippen molar-refractivity contribution in [2.45, 2.75) is 63.8 Å². The van der Waals surface area contributed by atoms with E-state index < -0.39 is 11.9 Å². The number of alkyl halides is 3. The van der Waals surface area contributed by atoms with Crippen LogP contribution >= 0.6 is 0 Å². The highest BCUT2D eigenvalue weighted by Gasteiger charge is 2.34. The third-order valence-corrected chi connectivity index (χ3v) is 5.59. The largest absolute Gasteiger partial charge is 0.434 e. The van der Waals surface area contributed by atoms with Crippen LogP contribution in [0.15, 0.2) is 36.7 Å². The van der Waals surface area contributed by atoms with Gasteiger partial charge in [0, 0.05) is 30.5 Å². The lowest BCUT2D eigenvalue weighted by Crippen LogP contribution is -2.41. The first-order chi connectivity index (χ1) is 14.7. The van der Waals surface area contributed by atoms with E-state index in [9.17, 15) is 18.0 Å². The summed E-state index contributed by atoms with van der Waals surface area (Å²) in [5.41, 5.74) is -0.114. The summed E-state index contributed by atoms with van der Waals surface area (Å²) in [6.07, 6.45) is 1.32. The molecule has 1 aliphatic carbocycles. The van der Waals surface area contributed by atoms with Gasteiger partial charge in [-0.25, -0.2) is 4.98 Å². The third-order valence-electron chi connectivity index (χ3n) is 5.59. The summed E-state index contributed by atoms with van der Waals surface area (Å²) in [5, 5.41) is 10.6. The Morgan fingerprint density at radius 1 is 1.13 bits per heavy atom. The molecule has 0 aliphatic heterocycles. The standard InChI is InChI=1S/C21H25F3N6O/c1-13(2)30-16(10-11-25-30)20(31)27-15-8-6-14(7-9-15)26-18-4-3-5-19-28-17(12-29(18)19)21(22,23)24/h3-5,10-15,26H,6-9H2,1-2H3,(H,27,31). The second kappa shape index (κ2) is 8.24. The molecule has 1 saturated carbocycles. The van der Waals surface area contributed by atoms with Gasteiger partial charge in [0.05, 0.1) is 0 Å². The molecule has 10 heteroatoms. The molecule has 31 heavy (non-hydrogen) atoms. The average molecular weight is 434 g/mol. The molecule has 0 unspecified atom stereocenters. The van der Waals surface area contributed by atoms with E-state index in [4.69, 9.17) is 0 Å². The minimum absolute atomic E-state index is 0.0573. The third kappa shape index (κ3) is 4.52. The van der Waals surface area contributed by atoms with E-state index in [0.717, 1.165) is 31.9 Å². The Labute approximate surface area is 177 Å². The van der Waals surface area contributed by atoms with Crippen LogP contribution in [-0.4, -0.2) is 37.2 Å². The number of fused-ring (bicyclic) bond motifs is 1. The van der Waals surface area contributed by atoms with Crippen molar-refractivity contribution in [1.29, 1.82) is 0 Å². The lowest BCUT2D eigenvalue weighted by molar-refractivity contribution is -0.140. The Hall–Kier alpha value is -3.04. The van der Waals surface area contributed by atoms with Crippen molar-refractivity contribution in [3.63, 3.8) is 0 Å². The smallest absolute Gasteiger partial charge is 0.368 e. The van der Waals surface area contributed by atoms with E-state index in [2.05, 4.69) is 20.7 Å². The number of halogens is 3. The predicted molar refractivity (Wildman–Crippen MR) is 110 cm³/mol. The van der Waals surface area contributed by atoms with Crippen LogP contribution in [0.5, 0.6) is 0 Å². The van der Waals surface area contributed by atoms with E-state index in [1.807, 2.05) is 13.8 Å². The van der Waals surface area contributed by atoms with E-state index >= 15 is 0 Å². The van der Waals surface area contributed by atoms with Gasteiger partial charge in [0.2, 0.25) is 0 Å². The molecule has 3 aromatic heterocycles. The molecule has 7 nitrogen and oxygen atoms in total. The van der Waals surface area contributed by atoms with E-state index in [-0.39, 0.29) is 29.7 Å². The Morgan fingerprint density at radius 3 is 2.52 bits per heavy atom.